The number of benzene rings is 4. The van der Waals surface area contributed by atoms with E-state index in [0.29, 0.717) is 6.54 Å². The zero-order valence-corrected chi connectivity index (χ0v) is 11.6. The maximum Gasteiger partial charge on any atom is 0.0749 e. The van der Waals surface area contributed by atoms with Crippen LogP contribution in [-0.4, -0.2) is 5.16 Å². The van der Waals surface area contributed by atoms with Crippen LogP contribution in [0, 0.1) is 0 Å². The molecule has 0 aliphatic heterocycles. The highest BCUT2D eigenvalue weighted by Crippen LogP contribution is 2.35. The van der Waals surface area contributed by atoms with Gasteiger partial charge in [0.2, 0.25) is 0 Å². The number of hydrogen-bond acceptors (Lipinski definition) is 2. The van der Waals surface area contributed by atoms with Crippen LogP contribution in [0.25, 0.3) is 32.3 Å². The van der Waals surface area contributed by atoms with E-state index in [1.54, 1.807) is 0 Å². The lowest BCUT2D eigenvalue weighted by molar-refractivity contribution is 1.10. The molecule has 0 spiro atoms. The largest absolute Gasteiger partial charge is 0.228 e. The van der Waals surface area contributed by atoms with Crippen LogP contribution in [0.3, 0.4) is 0 Å². The van der Waals surface area contributed by atoms with E-state index in [2.05, 4.69) is 77.0 Å². The summed E-state index contributed by atoms with van der Waals surface area (Å²) in [7, 11) is 0. The summed E-state index contributed by atoms with van der Waals surface area (Å²) in [5.74, 6) is 0. The molecule has 20 heavy (non-hydrogen) atoms. The highest BCUT2D eigenvalue weighted by Gasteiger charge is 2.09. The average molecular weight is 273 g/mol. The highest BCUT2D eigenvalue weighted by atomic mass is 32.1. The van der Waals surface area contributed by atoms with Crippen LogP contribution < -0.4 is 0 Å². The summed E-state index contributed by atoms with van der Waals surface area (Å²) in [5, 5.41) is 10.2. The van der Waals surface area contributed by atoms with Crippen molar-refractivity contribution in [3.63, 3.8) is 0 Å². The summed E-state index contributed by atoms with van der Waals surface area (Å²) in [5.41, 5.74) is 1.20. The van der Waals surface area contributed by atoms with Crippen molar-refractivity contribution in [3.8, 4) is 0 Å². The monoisotopic (exact) mass is 273 g/mol. The molecule has 0 unspecified atom stereocenters. The lowest BCUT2D eigenvalue weighted by Gasteiger charge is -2.12. The fourth-order valence-corrected chi connectivity index (χ4v) is 3.12. The molecule has 4 rings (SSSR count). The van der Waals surface area contributed by atoms with Gasteiger partial charge in [-0.25, -0.2) is 4.99 Å². The predicted molar refractivity (Wildman–Crippen MR) is 88.9 cm³/mol. The van der Waals surface area contributed by atoms with E-state index in [1.165, 1.54) is 37.9 Å². The third kappa shape index (κ3) is 1.56. The second kappa shape index (κ2) is 4.38. The number of rotatable bonds is 2. The molecular formula is C18H11NS. The first-order valence-electron chi connectivity index (χ1n) is 6.57. The van der Waals surface area contributed by atoms with Gasteiger partial charge in [0.1, 0.15) is 0 Å². The summed E-state index contributed by atoms with van der Waals surface area (Å²) in [4.78, 5) is 4.09. The van der Waals surface area contributed by atoms with Crippen molar-refractivity contribution >= 4 is 49.7 Å². The average Bonchev–Trinajstić information content (AvgIpc) is 2.51. The fraction of sp³-hybridized carbons (Fsp3) is 0.0556. The first kappa shape index (κ1) is 11.5. The molecule has 94 valence electrons. The number of hydrogen-bond donors (Lipinski definition) is 0. The summed E-state index contributed by atoms with van der Waals surface area (Å²) in [6, 6.07) is 19.5. The zero-order chi connectivity index (χ0) is 13.5. The quantitative estimate of drug-likeness (QED) is 0.278. The van der Waals surface area contributed by atoms with Gasteiger partial charge in [0.15, 0.2) is 0 Å². The van der Waals surface area contributed by atoms with E-state index in [-0.39, 0.29) is 0 Å². The summed E-state index contributed by atoms with van der Waals surface area (Å²) < 4.78 is 0. The smallest absolute Gasteiger partial charge is 0.0749 e. The summed E-state index contributed by atoms with van der Waals surface area (Å²) in [6.07, 6.45) is 0. The van der Waals surface area contributed by atoms with Gasteiger partial charge in [-0.2, -0.15) is 0 Å². The molecule has 0 bridgehead atoms. The Labute approximate surface area is 121 Å². The van der Waals surface area contributed by atoms with E-state index in [1.807, 2.05) is 0 Å². The minimum atomic E-state index is 0.595. The van der Waals surface area contributed by atoms with Gasteiger partial charge in [0.05, 0.1) is 11.7 Å². The Balaban J connectivity index is 2.22. The summed E-state index contributed by atoms with van der Waals surface area (Å²) in [6.45, 7) is 0.595. The van der Waals surface area contributed by atoms with Gasteiger partial charge in [0.25, 0.3) is 0 Å². The molecule has 0 radical (unpaired) electrons. The van der Waals surface area contributed by atoms with Crippen LogP contribution in [0.5, 0.6) is 0 Å². The van der Waals surface area contributed by atoms with Gasteiger partial charge >= 0.3 is 0 Å². The molecule has 0 atom stereocenters. The van der Waals surface area contributed by atoms with Gasteiger partial charge in [0, 0.05) is 0 Å². The van der Waals surface area contributed by atoms with Crippen molar-refractivity contribution in [1.29, 1.82) is 0 Å². The van der Waals surface area contributed by atoms with Gasteiger partial charge in [-0.1, -0.05) is 54.6 Å². The minimum Gasteiger partial charge on any atom is -0.228 e. The normalized spacial score (nSPS) is 11.2. The molecule has 4 aromatic carbocycles. The number of nitrogens with zero attached hydrogens (tertiary/aromatic N) is 1. The zero-order valence-electron chi connectivity index (χ0n) is 10.8. The second-order valence-corrected chi connectivity index (χ2v) is 5.17. The first-order chi connectivity index (χ1) is 9.88. The molecule has 4 aromatic rings. The second-order valence-electron chi connectivity index (χ2n) is 4.99. The third-order valence-corrected chi connectivity index (χ3v) is 4.06. The molecule has 0 aliphatic carbocycles. The van der Waals surface area contributed by atoms with E-state index in [4.69, 9.17) is 0 Å². The predicted octanol–water partition coefficient (Wildman–Crippen LogP) is 5.19. The van der Waals surface area contributed by atoms with Crippen LogP contribution >= 0.6 is 12.2 Å². The number of aliphatic imine (C=N–C) groups is 1. The Hall–Kier alpha value is -2.28. The Morgan fingerprint density at radius 2 is 1.45 bits per heavy atom. The molecule has 0 N–H and O–H groups in total. The molecule has 0 amide bonds. The van der Waals surface area contributed by atoms with Crippen molar-refractivity contribution < 1.29 is 0 Å². The number of thiocarbonyl (C=S) groups is 1. The lowest BCUT2D eigenvalue weighted by Crippen LogP contribution is -1.88. The van der Waals surface area contributed by atoms with Crippen molar-refractivity contribution in [2.45, 2.75) is 6.54 Å². The minimum absolute atomic E-state index is 0.595. The topological polar surface area (TPSA) is 12.4 Å². The van der Waals surface area contributed by atoms with Crippen LogP contribution in [-0.2, 0) is 6.54 Å². The van der Waals surface area contributed by atoms with E-state index < -0.39 is 0 Å². The maximum atomic E-state index is 4.68. The molecular weight excluding hydrogens is 262 g/mol. The van der Waals surface area contributed by atoms with Crippen LogP contribution in [0.4, 0.5) is 0 Å². The Morgan fingerprint density at radius 1 is 0.800 bits per heavy atom. The van der Waals surface area contributed by atoms with Crippen molar-refractivity contribution in [3.05, 3.63) is 60.2 Å². The van der Waals surface area contributed by atoms with E-state index >= 15 is 0 Å². The van der Waals surface area contributed by atoms with Gasteiger partial charge in [-0.15, -0.1) is 0 Å². The fourth-order valence-electron chi connectivity index (χ4n) is 3.05. The molecule has 0 aromatic heterocycles. The van der Waals surface area contributed by atoms with Crippen LogP contribution in [0.15, 0.2) is 59.6 Å². The number of isothiocyanates is 1. The standard InChI is InChI=1S/C18H11NS/c20-11-19-10-15-7-6-14-5-4-12-2-1-3-13-8-9-16(15)18(14)17(12)13/h1-9H,10H2. The van der Waals surface area contributed by atoms with E-state index in [0.717, 1.165) is 0 Å². The summed E-state index contributed by atoms with van der Waals surface area (Å²) >= 11 is 4.68. The first-order valence-corrected chi connectivity index (χ1v) is 6.98. The Kier molecular flexibility index (Phi) is 2.53. The van der Waals surface area contributed by atoms with Crippen molar-refractivity contribution in [2.24, 2.45) is 4.99 Å². The molecule has 0 fully saturated rings. The molecule has 0 saturated heterocycles. The molecule has 2 heteroatoms. The van der Waals surface area contributed by atoms with Gasteiger partial charge in [-0.3, -0.25) is 0 Å². The maximum absolute atomic E-state index is 4.68. The van der Waals surface area contributed by atoms with Crippen molar-refractivity contribution in [1.82, 2.24) is 0 Å². The van der Waals surface area contributed by atoms with Gasteiger partial charge in [-0.05, 0) is 50.1 Å². The van der Waals surface area contributed by atoms with E-state index in [9.17, 15) is 0 Å². The van der Waals surface area contributed by atoms with Crippen LogP contribution in [0.1, 0.15) is 5.56 Å². The van der Waals surface area contributed by atoms with Crippen molar-refractivity contribution in [2.75, 3.05) is 0 Å². The Bertz CT molecular complexity index is 965. The SMILES string of the molecule is S=C=NCc1ccc2ccc3cccc4ccc1c2c34. The molecule has 1 nitrogen and oxygen atoms in total. The molecule has 0 saturated carbocycles. The van der Waals surface area contributed by atoms with Crippen LogP contribution in [0.2, 0.25) is 0 Å². The molecule has 0 heterocycles. The third-order valence-electron chi connectivity index (χ3n) is 3.93. The lowest BCUT2D eigenvalue weighted by atomic mass is 9.92. The molecule has 0 aliphatic rings. The highest BCUT2D eigenvalue weighted by molar-refractivity contribution is 7.78. The van der Waals surface area contributed by atoms with Gasteiger partial charge < -0.3 is 0 Å². The Morgan fingerprint density at radius 3 is 2.20 bits per heavy atom.